The minimum atomic E-state index is -0.394. The van der Waals surface area contributed by atoms with E-state index in [1.54, 1.807) is 12.1 Å². The minimum absolute atomic E-state index is 0.164. The van der Waals surface area contributed by atoms with E-state index in [0.29, 0.717) is 46.9 Å². The van der Waals surface area contributed by atoms with Crippen LogP contribution in [0.1, 0.15) is 12.5 Å². The summed E-state index contributed by atoms with van der Waals surface area (Å²) < 4.78 is 21.9. The van der Waals surface area contributed by atoms with E-state index in [2.05, 4.69) is 9.97 Å². The number of hydrogen-bond acceptors (Lipinski definition) is 5. The van der Waals surface area contributed by atoms with E-state index < -0.39 is 5.82 Å². The lowest BCUT2D eigenvalue weighted by Crippen LogP contribution is -2.08. The van der Waals surface area contributed by atoms with Crippen LogP contribution in [-0.4, -0.2) is 27.7 Å². The molecule has 3 heterocycles. The van der Waals surface area contributed by atoms with E-state index >= 15 is 0 Å². The van der Waals surface area contributed by atoms with Crippen molar-refractivity contribution in [1.29, 1.82) is 0 Å². The molecule has 0 aliphatic carbocycles. The Kier molecular flexibility index (Phi) is 3.16. The fourth-order valence-electron chi connectivity index (χ4n) is 3.08. The zero-order chi connectivity index (χ0) is 16.0. The number of nitrogens with two attached hydrogens (primary N) is 2. The quantitative estimate of drug-likeness (QED) is 0.709. The van der Waals surface area contributed by atoms with E-state index in [1.165, 1.54) is 12.4 Å². The largest absolute Gasteiger partial charge is 0.399 e. The van der Waals surface area contributed by atoms with Gasteiger partial charge in [-0.3, -0.25) is 0 Å². The Morgan fingerprint density at radius 3 is 2.83 bits per heavy atom. The molecule has 7 heteroatoms. The van der Waals surface area contributed by atoms with Gasteiger partial charge in [-0.2, -0.15) is 0 Å². The van der Waals surface area contributed by atoms with Crippen LogP contribution in [0.2, 0.25) is 0 Å². The van der Waals surface area contributed by atoms with Crippen LogP contribution in [0.5, 0.6) is 0 Å². The minimum Gasteiger partial charge on any atom is -0.399 e. The molecule has 1 saturated heterocycles. The summed E-state index contributed by atoms with van der Waals surface area (Å²) in [5, 5.41) is 0.656. The highest BCUT2D eigenvalue weighted by Crippen LogP contribution is 2.37. The second-order valence-electron chi connectivity index (χ2n) is 5.66. The van der Waals surface area contributed by atoms with Crippen LogP contribution in [-0.2, 0) is 4.74 Å². The lowest BCUT2D eigenvalue weighted by atomic mass is 10.1. The number of ether oxygens (including phenoxy) is 1. The van der Waals surface area contributed by atoms with Crippen LogP contribution in [0.15, 0.2) is 30.7 Å². The zero-order valence-corrected chi connectivity index (χ0v) is 12.4. The second kappa shape index (κ2) is 5.20. The zero-order valence-electron chi connectivity index (χ0n) is 12.4. The van der Waals surface area contributed by atoms with Crippen LogP contribution in [0, 0.1) is 5.82 Å². The fraction of sp³-hybridized carbons (Fsp3) is 0.250. The second-order valence-corrected chi connectivity index (χ2v) is 5.66. The first kappa shape index (κ1) is 14.0. The molecule has 1 aliphatic rings. The lowest BCUT2D eigenvalue weighted by Gasteiger charge is -2.10. The van der Waals surface area contributed by atoms with Gasteiger partial charge in [0.25, 0.3) is 0 Å². The molecule has 1 aliphatic heterocycles. The van der Waals surface area contributed by atoms with Crippen molar-refractivity contribution in [3.63, 3.8) is 0 Å². The molecule has 0 bridgehead atoms. The molecule has 4 rings (SSSR count). The Labute approximate surface area is 131 Å². The summed E-state index contributed by atoms with van der Waals surface area (Å²) in [7, 11) is 0. The fourth-order valence-corrected chi connectivity index (χ4v) is 3.08. The Morgan fingerprint density at radius 1 is 1.22 bits per heavy atom. The number of anilines is 2. The van der Waals surface area contributed by atoms with Gasteiger partial charge in [-0.25, -0.2) is 14.4 Å². The first-order chi connectivity index (χ1) is 11.1. The number of benzene rings is 1. The lowest BCUT2D eigenvalue weighted by molar-refractivity contribution is 0.187. The maximum Gasteiger partial charge on any atom is 0.146 e. The van der Waals surface area contributed by atoms with Crippen molar-refractivity contribution in [3.8, 4) is 11.1 Å². The van der Waals surface area contributed by atoms with Gasteiger partial charge in [0, 0.05) is 29.6 Å². The third-order valence-electron chi connectivity index (χ3n) is 4.22. The number of hydrogen-bond donors (Lipinski definition) is 2. The first-order valence-electron chi connectivity index (χ1n) is 7.39. The molecule has 118 valence electrons. The summed E-state index contributed by atoms with van der Waals surface area (Å²) in [6, 6.07) is 4.79. The molecule has 4 N–H and O–H groups in total. The van der Waals surface area contributed by atoms with Crippen LogP contribution in [0.3, 0.4) is 0 Å². The van der Waals surface area contributed by atoms with E-state index in [0.717, 1.165) is 6.42 Å². The smallest absolute Gasteiger partial charge is 0.146 e. The van der Waals surface area contributed by atoms with Gasteiger partial charge in [-0.15, -0.1) is 0 Å². The van der Waals surface area contributed by atoms with Gasteiger partial charge >= 0.3 is 0 Å². The predicted molar refractivity (Wildman–Crippen MR) is 86.2 cm³/mol. The first-order valence-corrected chi connectivity index (χ1v) is 7.39. The summed E-state index contributed by atoms with van der Waals surface area (Å²) in [5.41, 5.74) is 13.9. The molecule has 6 nitrogen and oxygen atoms in total. The molecule has 0 amide bonds. The molecule has 1 fully saturated rings. The standard InChI is InChI=1S/C16H16FN5O/c17-13-5-9(18)1-2-11(13)12-6-22(10-3-4-23-7-10)16-14(12)15(19)20-8-21-16/h1-2,5-6,8,10H,3-4,7,18H2,(H2,19,20,21). The van der Waals surface area contributed by atoms with E-state index in [4.69, 9.17) is 16.2 Å². The van der Waals surface area contributed by atoms with Crippen molar-refractivity contribution in [2.75, 3.05) is 24.7 Å². The molecule has 23 heavy (non-hydrogen) atoms. The summed E-state index contributed by atoms with van der Waals surface area (Å²) >= 11 is 0. The number of fused-ring (bicyclic) bond motifs is 1. The third kappa shape index (κ3) is 2.20. The summed E-state index contributed by atoms with van der Waals surface area (Å²) in [4.78, 5) is 8.40. The van der Waals surface area contributed by atoms with Gasteiger partial charge in [0.1, 0.15) is 23.6 Å². The number of nitrogen functional groups attached to an aromatic ring is 2. The molecular formula is C16H16FN5O. The molecular weight excluding hydrogens is 297 g/mol. The molecule has 1 unspecified atom stereocenters. The maximum absolute atomic E-state index is 14.4. The summed E-state index contributed by atoms with van der Waals surface area (Å²) in [6.07, 6.45) is 4.19. The van der Waals surface area contributed by atoms with Crippen molar-refractivity contribution in [1.82, 2.24) is 14.5 Å². The highest BCUT2D eigenvalue weighted by molar-refractivity contribution is 6.00. The number of rotatable bonds is 2. The normalized spacial score (nSPS) is 17.9. The average Bonchev–Trinajstić information content (AvgIpc) is 3.15. The Bertz CT molecular complexity index is 886. The van der Waals surface area contributed by atoms with Crippen molar-refractivity contribution < 1.29 is 9.13 Å². The number of halogens is 1. The van der Waals surface area contributed by atoms with Gasteiger partial charge < -0.3 is 20.8 Å². The van der Waals surface area contributed by atoms with Crippen LogP contribution >= 0.6 is 0 Å². The Morgan fingerprint density at radius 2 is 2.09 bits per heavy atom. The molecule has 1 aromatic carbocycles. The number of nitrogens with zero attached hydrogens (tertiary/aromatic N) is 3. The predicted octanol–water partition coefficient (Wildman–Crippen LogP) is 2.36. The van der Waals surface area contributed by atoms with Gasteiger partial charge in [0.05, 0.1) is 18.0 Å². The van der Waals surface area contributed by atoms with E-state index in [-0.39, 0.29) is 6.04 Å². The molecule has 0 radical (unpaired) electrons. The van der Waals surface area contributed by atoms with Gasteiger partial charge in [-0.05, 0) is 24.6 Å². The Balaban J connectivity index is 1.99. The van der Waals surface area contributed by atoms with E-state index in [9.17, 15) is 4.39 Å². The highest BCUT2D eigenvalue weighted by Gasteiger charge is 2.24. The van der Waals surface area contributed by atoms with Crippen LogP contribution < -0.4 is 11.5 Å². The van der Waals surface area contributed by atoms with Crippen molar-refractivity contribution in [2.24, 2.45) is 0 Å². The molecule has 1 atom stereocenters. The average molecular weight is 313 g/mol. The van der Waals surface area contributed by atoms with Gasteiger partial charge in [-0.1, -0.05) is 0 Å². The van der Waals surface area contributed by atoms with Gasteiger partial charge in [0.15, 0.2) is 0 Å². The van der Waals surface area contributed by atoms with Crippen molar-refractivity contribution >= 4 is 22.5 Å². The molecule has 2 aromatic heterocycles. The monoisotopic (exact) mass is 313 g/mol. The number of aromatic nitrogens is 3. The van der Waals surface area contributed by atoms with E-state index in [1.807, 2.05) is 10.8 Å². The summed E-state index contributed by atoms with van der Waals surface area (Å²) in [6.45, 7) is 1.31. The Hall–Kier alpha value is -2.67. The van der Waals surface area contributed by atoms with Crippen molar-refractivity contribution in [2.45, 2.75) is 12.5 Å². The SMILES string of the molecule is Nc1ccc(-c2cn(C3CCOC3)c3ncnc(N)c23)c(F)c1. The molecule has 0 spiro atoms. The molecule has 0 saturated carbocycles. The van der Waals surface area contributed by atoms with Crippen LogP contribution in [0.25, 0.3) is 22.2 Å². The van der Waals surface area contributed by atoms with Gasteiger partial charge in [0.2, 0.25) is 0 Å². The highest BCUT2D eigenvalue weighted by atomic mass is 19.1. The maximum atomic E-state index is 14.4. The summed E-state index contributed by atoms with van der Waals surface area (Å²) in [5.74, 6) is -0.0612. The van der Waals surface area contributed by atoms with Crippen LogP contribution in [0.4, 0.5) is 15.9 Å². The third-order valence-corrected chi connectivity index (χ3v) is 4.22. The van der Waals surface area contributed by atoms with Crippen molar-refractivity contribution in [3.05, 3.63) is 36.5 Å². The molecule has 3 aromatic rings. The topological polar surface area (TPSA) is 92.0 Å².